The van der Waals surface area contributed by atoms with Crippen molar-refractivity contribution in [3.8, 4) is 6.07 Å². The number of imidazole rings is 1. The zero-order valence-electron chi connectivity index (χ0n) is 11.7. The number of nitrogens with zero attached hydrogens (tertiary/aromatic N) is 6. The van der Waals surface area contributed by atoms with Gasteiger partial charge in [-0.05, 0) is 25.0 Å². The highest BCUT2D eigenvalue weighted by Gasteiger charge is 2.30. The van der Waals surface area contributed by atoms with Crippen molar-refractivity contribution >= 4 is 23.1 Å². The average Bonchev–Trinajstić information content (AvgIpc) is 3.07. The number of nitrogens with two attached hydrogens (primary N) is 1. The van der Waals surface area contributed by atoms with Crippen molar-refractivity contribution < 1.29 is 0 Å². The van der Waals surface area contributed by atoms with Gasteiger partial charge < -0.3 is 15.6 Å². The lowest BCUT2D eigenvalue weighted by atomic mass is 9.81. The molecule has 4 rings (SSSR count). The summed E-state index contributed by atoms with van der Waals surface area (Å²) in [5.74, 6) is 1.68. The quantitative estimate of drug-likeness (QED) is 0.761. The third-order valence-corrected chi connectivity index (χ3v) is 3.97. The van der Waals surface area contributed by atoms with Gasteiger partial charge in [-0.2, -0.15) is 10.2 Å². The van der Waals surface area contributed by atoms with Crippen LogP contribution in [0.4, 0.5) is 17.6 Å². The van der Waals surface area contributed by atoms with Crippen LogP contribution in [0.1, 0.15) is 18.9 Å². The molecule has 0 saturated heterocycles. The van der Waals surface area contributed by atoms with Crippen LogP contribution in [0.3, 0.4) is 0 Å². The normalized spacial score (nSPS) is 20.5. The maximum atomic E-state index is 8.84. The summed E-state index contributed by atoms with van der Waals surface area (Å²) in [5.41, 5.74) is 6.54. The minimum atomic E-state index is 0.172. The highest BCUT2D eigenvalue weighted by Crippen LogP contribution is 2.37. The van der Waals surface area contributed by atoms with Crippen LogP contribution in [0.25, 0.3) is 5.52 Å². The fourth-order valence-electron chi connectivity index (χ4n) is 2.70. The zero-order valence-corrected chi connectivity index (χ0v) is 11.7. The Morgan fingerprint density at radius 1 is 1.41 bits per heavy atom. The maximum Gasteiger partial charge on any atom is 0.240 e. The van der Waals surface area contributed by atoms with Crippen LogP contribution in [0.15, 0.2) is 30.9 Å². The van der Waals surface area contributed by atoms with Gasteiger partial charge in [-0.1, -0.05) is 0 Å². The highest BCUT2D eigenvalue weighted by molar-refractivity contribution is 5.72. The molecular weight excluding hydrogens is 280 g/mol. The number of hydrogen-bond acceptors (Lipinski definition) is 6. The molecule has 8 heteroatoms. The van der Waals surface area contributed by atoms with Gasteiger partial charge in [0.2, 0.25) is 5.95 Å². The van der Waals surface area contributed by atoms with Gasteiger partial charge in [0.25, 0.3) is 0 Å². The van der Waals surface area contributed by atoms with E-state index in [0.717, 1.165) is 18.4 Å². The van der Waals surface area contributed by atoms with Gasteiger partial charge in [-0.25, -0.2) is 9.50 Å². The molecule has 3 aromatic heterocycles. The Labute approximate surface area is 126 Å². The summed E-state index contributed by atoms with van der Waals surface area (Å²) in [5, 5.41) is 16.1. The Kier molecular flexibility index (Phi) is 2.72. The van der Waals surface area contributed by atoms with Crippen LogP contribution >= 0.6 is 0 Å². The van der Waals surface area contributed by atoms with Crippen molar-refractivity contribution in [1.82, 2.24) is 24.1 Å². The second-order valence-electron chi connectivity index (χ2n) is 5.44. The van der Waals surface area contributed by atoms with E-state index in [4.69, 9.17) is 11.0 Å². The molecular formula is C14H14N8. The van der Waals surface area contributed by atoms with Crippen molar-refractivity contribution in [2.24, 2.45) is 5.92 Å². The molecule has 3 heterocycles. The predicted molar refractivity (Wildman–Crippen MR) is 80.3 cm³/mol. The molecule has 0 spiro atoms. The molecule has 22 heavy (non-hydrogen) atoms. The second-order valence-corrected chi connectivity index (χ2v) is 5.44. The van der Waals surface area contributed by atoms with Crippen LogP contribution in [0, 0.1) is 17.2 Å². The van der Waals surface area contributed by atoms with Gasteiger partial charge in [0.15, 0.2) is 5.82 Å². The van der Waals surface area contributed by atoms with Crippen LogP contribution < -0.4 is 11.1 Å². The first-order chi connectivity index (χ1) is 10.7. The minimum absolute atomic E-state index is 0.172. The number of rotatable bonds is 3. The lowest BCUT2D eigenvalue weighted by Gasteiger charge is -2.31. The van der Waals surface area contributed by atoms with Crippen LogP contribution in [-0.4, -0.2) is 24.1 Å². The van der Waals surface area contributed by atoms with Crippen molar-refractivity contribution in [3.63, 3.8) is 0 Å². The van der Waals surface area contributed by atoms with E-state index in [0.29, 0.717) is 17.7 Å². The molecule has 0 amide bonds. The first-order valence-corrected chi connectivity index (χ1v) is 7.04. The molecule has 0 aliphatic heterocycles. The third kappa shape index (κ3) is 2.03. The van der Waals surface area contributed by atoms with Gasteiger partial charge in [0.05, 0.1) is 18.3 Å². The van der Waals surface area contributed by atoms with Gasteiger partial charge in [0, 0.05) is 18.4 Å². The SMILES string of the molecule is N#CC1CC(n2cnc(Nc3nc(N)nn4cccc34)c2)C1. The smallest absolute Gasteiger partial charge is 0.240 e. The lowest BCUT2D eigenvalue weighted by Crippen LogP contribution is -2.24. The van der Waals surface area contributed by atoms with E-state index in [9.17, 15) is 0 Å². The number of nitriles is 1. The number of aromatic nitrogens is 5. The highest BCUT2D eigenvalue weighted by atomic mass is 15.3. The van der Waals surface area contributed by atoms with Crippen molar-refractivity contribution in [1.29, 1.82) is 5.26 Å². The van der Waals surface area contributed by atoms with E-state index in [1.165, 1.54) is 0 Å². The van der Waals surface area contributed by atoms with Gasteiger partial charge in [0.1, 0.15) is 11.3 Å². The molecule has 8 nitrogen and oxygen atoms in total. The number of nitrogens with one attached hydrogen (secondary N) is 1. The summed E-state index contributed by atoms with van der Waals surface area (Å²) in [7, 11) is 0. The molecule has 3 aromatic rings. The predicted octanol–water partition coefficient (Wildman–Crippen LogP) is 1.73. The van der Waals surface area contributed by atoms with Crippen molar-refractivity contribution in [3.05, 3.63) is 30.9 Å². The Morgan fingerprint density at radius 2 is 2.27 bits per heavy atom. The molecule has 0 aromatic carbocycles. The van der Waals surface area contributed by atoms with Gasteiger partial charge >= 0.3 is 0 Å². The monoisotopic (exact) mass is 294 g/mol. The number of fused-ring (bicyclic) bond motifs is 1. The standard InChI is InChI=1S/C14H14N8/c15-6-9-4-10(5-9)21-7-12(17-8-21)18-13-11-2-1-3-22(11)20-14(16)19-13/h1-3,7-10H,4-5H2,(H3,16,18,19,20). The summed E-state index contributed by atoms with van der Waals surface area (Å²) < 4.78 is 3.71. The molecule has 1 aliphatic rings. The Hall–Kier alpha value is -3.08. The van der Waals surface area contributed by atoms with Crippen LogP contribution in [0.2, 0.25) is 0 Å². The van der Waals surface area contributed by atoms with E-state index < -0.39 is 0 Å². The third-order valence-electron chi connectivity index (χ3n) is 3.97. The fourth-order valence-corrected chi connectivity index (χ4v) is 2.70. The van der Waals surface area contributed by atoms with Crippen molar-refractivity contribution in [2.45, 2.75) is 18.9 Å². The molecule has 0 atom stereocenters. The molecule has 0 bridgehead atoms. The summed E-state index contributed by atoms with van der Waals surface area (Å²) >= 11 is 0. The van der Waals surface area contributed by atoms with E-state index in [2.05, 4.69) is 26.5 Å². The second kappa shape index (κ2) is 4.73. The molecule has 1 saturated carbocycles. The van der Waals surface area contributed by atoms with Crippen LogP contribution in [0.5, 0.6) is 0 Å². The minimum Gasteiger partial charge on any atom is -0.366 e. The molecule has 0 radical (unpaired) electrons. The zero-order chi connectivity index (χ0) is 15.1. The van der Waals surface area contributed by atoms with E-state index in [-0.39, 0.29) is 11.9 Å². The summed E-state index contributed by atoms with van der Waals surface area (Å²) in [6.45, 7) is 0. The largest absolute Gasteiger partial charge is 0.366 e. The van der Waals surface area contributed by atoms with E-state index >= 15 is 0 Å². The van der Waals surface area contributed by atoms with E-state index in [1.807, 2.05) is 29.1 Å². The van der Waals surface area contributed by atoms with Gasteiger partial charge in [-0.3, -0.25) is 0 Å². The average molecular weight is 294 g/mol. The topological polar surface area (TPSA) is 110 Å². The van der Waals surface area contributed by atoms with Gasteiger partial charge in [-0.15, -0.1) is 5.10 Å². The Balaban J connectivity index is 1.57. The molecule has 1 fully saturated rings. The summed E-state index contributed by atoms with van der Waals surface area (Å²) in [4.78, 5) is 8.57. The van der Waals surface area contributed by atoms with E-state index in [1.54, 1.807) is 10.8 Å². The van der Waals surface area contributed by atoms with Crippen LogP contribution in [-0.2, 0) is 0 Å². The first-order valence-electron chi connectivity index (χ1n) is 7.04. The molecule has 110 valence electrons. The molecule has 1 aliphatic carbocycles. The van der Waals surface area contributed by atoms with Crippen molar-refractivity contribution in [2.75, 3.05) is 11.1 Å². The molecule has 3 N–H and O–H groups in total. The Bertz CT molecular complexity index is 864. The first kappa shape index (κ1) is 12.6. The Morgan fingerprint density at radius 3 is 3.09 bits per heavy atom. The number of hydrogen-bond donors (Lipinski definition) is 2. The summed E-state index contributed by atoms with van der Waals surface area (Å²) in [6.07, 6.45) is 7.29. The number of nitrogen functional groups attached to an aromatic ring is 1. The molecule has 0 unspecified atom stereocenters. The number of anilines is 3. The maximum absolute atomic E-state index is 8.84. The summed E-state index contributed by atoms with van der Waals surface area (Å²) in [6, 6.07) is 6.43. The lowest BCUT2D eigenvalue weighted by molar-refractivity contribution is 0.248. The fraction of sp³-hybridized carbons (Fsp3) is 0.286.